The quantitative estimate of drug-likeness (QED) is 0.668. The van der Waals surface area contributed by atoms with Crippen molar-refractivity contribution in [2.75, 3.05) is 20.3 Å². The highest BCUT2D eigenvalue weighted by atomic mass is 16.5. The molecule has 0 fully saturated rings. The van der Waals surface area contributed by atoms with Crippen LogP contribution in [-0.4, -0.2) is 41.1 Å². The second-order valence-corrected chi connectivity index (χ2v) is 3.67. The van der Waals surface area contributed by atoms with Gasteiger partial charge < -0.3 is 10.1 Å². The molecule has 1 aromatic heterocycles. The number of ether oxygens (including phenoxy) is 1. The topological polar surface area (TPSA) is 52.0 Å². The molecule has 0 amide bonds. The number of nitrogens with one attached hydrogen (secondary N) is 1. The lowest BCUT2D eigenvalue weighted by molar-refractivity contribution is 0.136. The largest absolute Gasteiger partial charge is 0.382 e. The molecule has 1 rings (SSSR count). The number of nitrogens with zero attached hydrogens (tertiary/aromatic N) is 3. The summed E-state index contributed by atoms with van der Waals surface area (Å²) in [5, 5.41) is 7.45. The third-order valence-electron chi connectivity index (χ3n) is 2.65. The van der Waals surface area contributed by atoms with Crippen LogP contribution >= 0.6 is 0 Å². The van der Waals surface area contributed by atoms with Crippen LogP contribution in [0.4, 0.5) is 0 Å². The van der Waals surface area contributed by atoms with E-state index < -0.39 is 0 Å². The molecule has 0 aromatic carbocycles. The molecular formula is C11H22N4O. The summed E-state index contributed by atoms with van der Waals surface area (Å²) in [4.78, 5) is 4.27. The van der Waals surface area contributed by atoms with Crippen LogP contribution in [0.25, 0.3) is 0 Å². The van der Waals surface area contributed by atoms with Crippen LogP contribution in [0.3, 0.4) is 0 Å². The Balaban J connectivity index is 2.43. The van der Waals surface area contributed by atoms with Crippen molar-refractivity contribution in [1.29, 1.82) is 0 Å². The van der Waals surface area contributed by atoms with Crippen molar-refractivity contribution < 1.29 is 4.74 Å². The molecule has 0 bridgehead atoms. The van der Waals surface area contributed by atoms with Crippen LogP contribution in [-0.2, 0) is 17.7 Å². The van der Waals surface area contributed by atoms with Crippen LogP contribution in [0.1, 0.15) is 26.1 Å². The fourth-order valence-electron chi connectivity index (χ4n) is 1.65. The first-order chi connectivity index (χ1) is 7.81. The average Bonchev–Trinajstić information content (AvgIpc) is 2.75. The van der Waals surface area contributed by atoms with E-state index in [9.17, 15) is 0 Å². The van der Waals surface area contributed by atoms with Gasteiger partial charge in [-0.2, -0.15) is 5.10 Å². The number of rotatable bonds is 8. The Bertz CT molecular complexity index is 287. The van der Waals surface area contributed by atoms with Gasteiger partial charge in [0.15, 0.2) is 0 Å². The van der Waals surface area contributed by atoms with Gasteiger partial charge in [-0.25, -0.2) is 4.98 Å². The smallest absolute Gasteiger partial charge is 0.138 e. The van der Waals surface area contributed by atoms with Crippen molar-refractivity contribution in [3.05, 3.63) is 12.2 Å². The van der Waals surface area contributed by atoms with Gasteiger partial charge in [-0.05, 0) is 27.3 Å². The molecule has 1 atom stereocenters. The normalized spacial score (nSPS) is 12.9. The van der Waals surface area contributed by atoms with E-state index in [0.29, 0.717) is 6.04 Å². The number of aryl methyl sites for hydroxylation is 1. The monoisotopic (exact) mass is 226 g/mol. The molecule has 0 saturated carbocycles. The van der Waals surface area contributed by atoms with Gasteiger partial charge in [0, 0.05) is 32.2 Å². The first kappa shape index (κ1) is 13.1. The van der Waals surface area contributed by atoms with Crippen molar-refractivity contribution >= 4 is 0 Å². The van der Waals surface area contributed by atoms with Crippen molar-refractivity contribution in [2.24, 2.45) is 0 Å². The van der Waals surface area contributed by atoms with Gasteiger partial charge in [0.25, 0.3) is 0 Å². The summed E-state index contributed by atoms with van der Waals surface area (Å²) < 4.78 is 7.29. The molecule has 1 heterocycles. The number of hydrogen-bond acceptors (Lipinski definition) is 4. The van der Waals surface area contributed by atoms with Gasteiger partial charge in [-0.15, -0.1) is 0 Å². The van der Waals surface area contributed by atoms with E-state index in [4.69, 9.17) is 4.74 Å². The fourth-order valence-corrected chi connectivity index (χ4v) is 1.65. The zero-order valence-corrected chi connectivity index (χ0v) is 10.4. The first-order valence-corrected chi connectivity index (χ1v) is 5.93. The van der Waals surface area contributed by atoms with Crippen LogP contribution in [0, 0.1) is 0 Å². The lowest BCUT2D eigenvalue weighted by Crippen LogP contribution is -2.30. The molecule has 5 heteroatoms. The molecule has 0 aliphatic carbocycles. The highest BCUT2D eigenvalue weighted by Crippen LogP contribution is 2.03. The Kier molecular flexibility index (Phi) is 6.03. The maximum atomic E-state index is 5.36. The first-order valence-electron chi connectivity index (χ1n) is 5.93. The predicted molar refractivity (Wildman–Crippen MR) is 63.4 cm³/mol. The second-order valence-electron chi connectivity index (χ2n) is 3.67. The minimum atomic E-state index is 0.404. The SMILES string of the molecule is CCOCCC(Cc1ncnn1CC)NC. The summed E-state index contributed by atoms with van der Waals surface area (Å²) in [7, 11) is 1.98. The molecular weight excluding hydrogens is 204 g/mol. The summed E-state index contributed by atoms with van der Waals surface area (Å²) in [6.45, 7) is 6.54. The Morgan fingerprint density at radius 2 is 2.31 bits per heavy atom. The van der Waals surface area contributed by atoms with Gasteiger partial charge >= 0.3 is 0 Å². The van der Waals surface area contributed by atoms with Crippen LogP contribution < -0.4 is 5.32 Å². The summed E-state index contributed by atoms with van der Waals surface area (Å²) in [5.41, 5.74) is 0. The van der Waals surface area contributed by atoms with Gasteiger partial charge in [0.2, 0.25) is 0 Å². The van der Waals surface area contributed by atoms with E-state index in [0.717, 1.165) is 38.4 Å². The summed E-state index contributed by atoms with van der Waals surface area (Å²) in [6.07, 6.45) is 3.52. The highest BCUT2D eigenvalue weighted by molar-refractivity contribution is 4.89. The van der Waals surface area contributed by atoms with Crippen molar-refractivity contribution in [3.63, 3.8) is 0 Å². The van der Waals surface area contributed by atoms with Gasteiger partial charge in [-0.3, -0.25) is 4.68 Å². The summed E-state index contributed by atoms with van der Waals surface area (Å²) in [6, 6.07) is 0.404. The highest BCUT2D eigenvalue weighted by Gasteiger charge is 2.11. The van der Waals surface area contributed by atoms with Crippen molar-refractivity contribution in [2.45, 2.75) is 39.3 Å². The van der Waals surface area contributed by atoms with Gasteiger partial charge in [-0.1, -0.05) is 0 Å². The standard InChI is InChI=1S/C11H22N4O/c1-4-15-11(13-9-14-15)8-10(12-3)6-7-16-5-2/h9-10,12H,4-8H2,1-3H3. The van der Waals surface area contributed by atoms with E-state index in [1.54, 1.807) is 6.33 Å². The molecule has 5 nitrogen and oxygen atoms in total. The molecule has 0 aliphatic heterocycles. The number of aromatic nitrogens is 3. The summed E-state index contributed by atoms with van der Waals surface area (Å²) in [5.74, 6) is 1.04. The lowest BCUT2D eigenvalue weighted by Gasteiger charge is -2.15. The molecule has 1 aromatic rings. The number of hydrogen-bond donors (Lipinski definition) is 1. The number of likely N-dealkylation sites (N-methyl/N-ethyl adjacent to an activating group) is 1. The van der Waals surface area contributed by atoms with Crippen molar-refractivity contribution in [3.8, 4) is 0 Å². The molecule has 0 saturated heterocycles. The Labute approximate surface area is 97.2 Å². The van der Waals surface area contributed by atoms with E-state index in [1.165, 1.54) is 0 Å². The zero-order chi connectivity index (χ0) is 11.8. The summed E-state index contributed by atoms with van der Waals surface area (Å²) >= 11 is 0. The van der Waals surface area contributed by atoms with E-state index in [-0.39, 0.29) is 0 Å². The average molecular weight is 226 g/mol. The van der Waals surface area contributed by atoms with Crippen LogP contribution in [0.2, 0.25) is 0 Å². The molecule has 16 heavy (non-hydrogen) atoms. The Hall–Kier alpha value is -0.940. The fraction of sp³-hybridized carbons (Fsp3) is 0.818. The molecule has 0 aliphatic rings. The van der Waals surface area contributed by atoms with E-state index in [2.05, 4.69) is 22.3 Å². The van der Waals surface area contributed by atoms with E-state index in [1.807, 2.05) is 18.7 Å². The van der Waals surface area contributed by atoms with E-state index >= 15 is 0 Å². The van der Waals surface area contributed by atoms with Crippen LogP contribution in [0.5, 0.6) is 0 Å². The maximum absolute atomic E-state index is 5.36. The molecule has 0 spiro atoms. The minimum absolute atomic E-state index is 0.404. The second kappa shape index (κ2) is 7.35. The van der Waals surface area contributed by atoms with Crippen molar-refractivity contribution in [1.82, 2.24) is 20.1 Å². The molecule has 1 unspecified atom stereocenters. The molecule has 92 valence electrons. The Morgan fingerprint density at radius 1 is 1.50 bits per heavy atom. The molecule has 0 radical (unpaired) electrons. The zero-order valence-electron chi connectivity index (χ0n) is 10.4. The van der Waals surface area contributed by atoms with Gasteiger partial charge in [0.05, 0.1) is 0 Å². The Morgan fingerprint density at radius 3 is 2.94 bits per heavy atom. The third kappa shape index (κ3) is 3.90. The molecule has 1 N–H and O–H groups in total. The predicted octanol–water partition coefficient (Wildman–Crippen LogP) is 0.855. The minimum Gasteiger partial charge on any atom is -0.382 e. The van der Waals surface area contributed by atoms with Crippen LogP contribution in [0.15, 0.2) is 6.33 Å². The van der Waals surface area contributed by atoms with Gasteiger partial charge in [0.1, 0.15) is 12.2 Å². The third-order valence-corrected chi connectivity index (χ3v) is 2.65. The maximum Gasteiger partial charge on any atom is 0.138 e. The lowest BCUT2D eigenvalue weighted by atomic mass is 10.1.